The second kappa shape index (κ2) is 8.27. The van der Waals surface area contributed by atoms with Crippen LogP contribution in [0.4, 0.5) is 23.9 Å². The summed E-state index contributed by atoms with van der Waals surface area (Å²) >= 11 is 0. The van der Waals surface area contributed by atoms with Crippen molar-refractivity contribution in [2.24, 2.45) is 5.92 Å². The Balaban J connectivity index is 1.50. The van der Waals surface area contributed by atoms with E-state index in [4.69, 9.17) is 4.74 Å². The van der Waals surface area contributed by atoms with E-state index in [9.17, 15) is 22.8 Å². The summed E-state index contributed by atoms with van der Waals surface area (Å²) in [6.45, 7) is 7.90. The number of aromatic nitrogens is 2. The monoisotopic (exact) mass is 429 g/mol. The molecule has 2 amide bonds. The van der Waals surface area contributed by atoms with Crippen LogP contribution in [-0.2, 0) is 15.7 Å². The topological polar surface area (TPSA) is 78.9 Å². The van der Waals surface area contributed by atoms with E-state index in [1.54, 1.807) is 35.5 Å². The Morgan fingerprint density at radius 2 is 1.60 bits per heavy atom. The van der Waals surface area contributed by atoms with E-state index < -0.39 is 23.4 Å². The molecule has 30 heavy (non-hydrogen) atoms. The quantitative estimate of drug-likeness (QED) is 0.719. The first kappa shape index (κ1) is 22.1. The number of anilines is 1. The normalized spacial score (nSPS) is 20.5. The lowest BCUT2D eigenvalue weighted by Crippen LogP contribution is -2.51. The molecule has 0 bridgehead atoms. The van der Waals surface area contributed by atoms with Gasteiger partial charge in [-0.1, -0.05) is 0 Å². The van der Waals surface area contributed by atoms with Crippen molar-refractivity contribution >= 4 is 17.9 Å². The molecule has 0 spiro atoms. The Labute approximate surface area is 173 Å². The Morgan fingerprint density at radius 3 is 2.13 bits per heavy atom. The number of halogens is 3. The molecule has 1 atom stereocenters. The summed E-state index contributed by atoms with van der Waals surface area (Å²) in [5.41, 5.74) is -1.48. The number of amides is 2. The number of hydrogen-bond acceptors (Lipinski definition) is 6. The van der Waals surface area contributed by atoms with Crippen LogP contribution >= 0.6 is 0 Å². The van der Waals surface area contributed by atoms with Gasteiger partial charge >= 0.3 is 12.3 Å². The van der Waals surface area contributed by atoms with Crippen LogP contribution in [0.3, 0.4) is 0 Å². The van der Waals surface area contributed by atoms with E-state index in [0.717, 1.165) is 12.4 Å². The van der Waals surface area contributed by atoms with Crippen molar-refractivity contribution in [1.82, 2.24) is 19.8 Å². The Kier molecular flexibility index (Phi) is 6.09. The number of nitrogens with zero attached hydrogens (tertiary/aromatic N) is 5. The minimum absolute atomic E-state index is 0.0194. The largest absolute Gasteiger partial charge is 0.444 e. The highest BCUT2D eigenvalue weighted by atomic mass is 19.4. The number of rotatable bonds is 2. The number of carbonyl (C=O) groups excluding carboxylic acids is 2. The van der Waals surface area contributed by atoms with Gasteiger partial charge in [-0.15, -0.1) is 0 Å². The van der Waals surface area contributed by atoms with Crippen LogP contribution in [-0.4, -0.2) is 76.6 Å². The fourth-order valence-corrected chi connectivity index (χ4v) is 3.47. The first-order valence-electron chi connectivity index (χ1n) is 9.85. The zero-order chi connectivity index (χ0) is 22.1. The zero-order valence-electron chi connectivity index (χ0n) is 17.3. The summed E-state index contributed by atoms with van der Waals surface area (Å²) in [5, 5.41) is 0. The maximum Gasteiger partial charge on any atom is 0.419 e. The molecule has 2 aliphatic rings. The van der Waals surface area contributed by atoms with E-state index in [2.05, 4.69) is 9.97 Å². The van der Waals surface area contributed by atoms with Gasteiger partial charge in [-0.25, -0.2) is 14.8 Å². The highest BCUT2D eigenvalue weighted by molar-refractivity contribution is 5.81. The molecule has 0 saturated carbocycles. The Bertz CT molecular complexity index is 771. The number of carbonyl (C=O) groups is 2. The summed E-state index contributed by atoms with van der Waals surface area (Å²) in [6, 6.07) is 0. The number of hydrogen-bond donors (Lipinski definition) is 0. The van der Waals surface area contributed by atoms with Crippen molar-refractivity contribution in [3.8, 4) is 0 Å². The number of likely N-dealkylation sites (tertiary alicyclic amines) is 1. The molecule has 0 unspecified atom stereocenters. The molecule has 1 aromatic rings. The molecular weight excluding hydrogens is 403 g/mol. The van der Waals surface area contributed by atoms with E-state index in [1.807, 2.05) is 0 Å². The van der Waals surface area contributed by atoms with Crippen LogP contribution in [0.1, 0.15) is 32.8 Å². The first-order chi connectivity index (χ1) is 13.9. The van der Waals surface area contributed by atoms with E-state index in [1.165, 1.54) is 0 Å². The second-order valence-electron chi connectivity index (χ2n) is 8.49. The molecule has 0 aromatic carbocycles. The van der Waals surface area contributed by atoms with Gasteiger partial charge in [0.1, 0.15) is 5.60 Å². The lowest BCUT2D eigenvalue weighted by molar-refractivity contribution is -0.138. The van der Waals surface area contributed by atoms with E-state index >= 15 is 0 Å². The average molecular weight is 429 g/mol. The highest BCUT2D eigenvalue weighted by Crippen LogP contribution is 2.28. The van der Waals surface area contributed by atoms with Gasteiger partial charge in [0, 0.05) is 51.7 Å². The van der Waals surface area contributed by atoms with Crippen molar-refractivity contribution in [2.45, 2.75) is 39.0 Å². The minimum atomic E-state index is -4.47. The second-order valence-corrected chi connectivity index (χ2v) is 8.49. The number of ether oxygens (including phenoxy) is 1. The molecule has 3 rings (SSSR count). The molecule has 1 aromatic heterocycles. The lowest BCUT2D eigenvalue weighted by Gasteiger charge is -2.36. The predicted molar refractivity (Wildman–Crippen MR) is 102 cm³/mol. The Morgan fingerprint density at radius 1 is 1.00 bits per heavy atom. The van der Waals surface area contributed by atoms with Crippen molar-refractivity contribution in [3.05, 3.63) is 18.0 Å². The van der Waals surface area contributed by atoms with Crippen LogP contribution in [0.2, 0.25) is 0 Å². The highest BCUT2D eigenvalue weighted by Gasteiger charge is 2.36. The predicted octanol–water partition coefficient (Wildman–Crippen LogP) is 2.40. The third kappa shape index (κ3) is 5.31. The van der Waals surface area contributed by atoms with Gasteiger partial charge in [0.15, 0.2) is 0 Å². The van der Waals surface area contributed by atoms with E-state index in [0.29, 0.717) is 45.7 Å². The molecule has 0 aliphatic carbocycles. The lowest BCUT2D eigenvalue weighted by atomic mass is 10.1. The summed E-state index contributed by atoms with van der Waals surface area (Å²) < 4.78 is 43.3. The SMILES string of the molecule is CC(C)(C)OC(=O)N1CC[C@@H](C(=O)N2CCN(c3ncc(C(F)(F)F)cn3)CC2)C1. The smallest absolute Gasteiger partial charge is 0.419 e. The summed E-state index contributed by atoms with van der Waals surface area (Å²) in [5.74, 6) is -0.0764. The minimum Gasteiger partial charge on any atom is -0.444 e. The Hall–Kier alpha value is -2.59. The molecule has 166 valence electrons. The van der Waals surface area contributed by atoms with Gasteiger partial charge in [-0.3, -0.25) is 4.79 Å². The van der Waals surface area contributed by atoms with Gasteiger partial charge in [-0.05, 0) is 27.2 Å². The van der Waals surface area contributed by atoms with E-state index in [-0.39, 0.29) is 17.8 Å². The maximum absolute atomic E-state index is 12.8. The third-order valence-corrected chi connectivity index (χ3v) is 5.03. The fourth-order valence-electron chi connectivity index (χ4n) is 3.47. The van der Waals surface area contributed by atoms with Crippen LogP contribution in [0.25, 0.3) is 0 Å². The standard InChI is InChI=1S/C19H26F3N5O3/c1-18(2,3)30-17(29)27-5-4-13(12-27)15(28)25-6-8-26(9-7-25)16-23-10-14(11-24-16)19(20,21)22/h10-11,13H,4-9,12H2,1-3H3/t13-/m1/s1. The zero-order valence-corrected chi connectivity index (χ0v) is 17.3. The van der Waals surface area contributed by atoms with Crippen LogP contribution in [0.15, 0.2) is 12.4 Å². The summed E-state index contributed by atoms with van der Waals surface area (Å²) in [6.07, 6.45) is -2.77. The third-order valence-electron chi connectivity index (χ3n) is 5.03. The summed E-state index contributed by atoms with van der Waals surface area (Å²) in [7, 11) is 0. The average Bonchev–Trinajstić information content (AvgIpc) is 3.16. The molecule has 2 fully saturated rings. The molecule has 3 heterocycles. The maximum atomic E-state index is 12.8. The van der Waals surface area contributed by atoms with Crippen molar-refractivity contribution in [3.63, 3.8) is 0 Å². The number of alkyl halides is 3. The van der Waals surface area contributed by atoms with Crippen molar-refractivity contribution in [1.29, 1.82) is 0 Å². The van der Waals surface area contributed by atoms with Crippen LogP contribution < -0.4 is 4.90 Å². The first-order valence-corrected chi connectivity index (χ1v) is 9.85. The molecule has 11 heteroatoms. The molecule has 0 radical (unpaired) electrons. The van der Waals surface area contributed by atoms with Gasteiger partial charge < -0.3 is 19.4 Å². The number of piperazine rings is 1. The molecule has 2 saturated heterocycles. The van der Waals surface area contributed by atoms with Gasteiger partial charge in [0.2, 0.25) is 11.9 Å². The van der Waals surface area contributed by atoms with Crippen molar-refractivity contribution < 1.29 is 27.5 Å². The van der Waals surface area contributed by atoms with Gasteiger partial charge in [0.25, 0.3) is 0 Å². The van der Waals surface area contributed by atoms with Crippen LogP contribution in [0, 0.1) is 5.92 Å². The molecule has 0 N–H and O–H groups in total. The molecule has 8 nitrogen and oxygen atoms in total. The van der Waals surface area contributed by atoms with Crippen molar-refractivity contribution in [2.75, 3.05) is 44.2 Å². The van der Waals surface area contributed by atoms with Gasteiger partial charge in [0.05, 0.1) is 11.5 Å². The van der Waals surface area contributed by atoms with Crippen LogP contribution in [0.5, 0.6) is 0 Å². The molecular formula is C19H26F3N5O3. The fraction of sp³-hybridized carbons (Fsp3) is 0.684. The molecule has 2 aliphatic heterocycles. The van der Waals surface area contributed by atoms with Gasteiger partial charge in [-0.2, -0.15) is 13.2 Å². The summed E-state index contributed by atoms with van der Waals surface area (Å²) in [4.78, 5) is 37.7.